The first-order valence-electron chi connectivity index (χ1n) is 6.28. The molecule has 0 aliphatic heterocycles. The van der Waals surface area contributed by atoms with Gasteiger partial charge in [0, 0.05) is 24.2 Å². The number of hydrogen-bond donors (Lipinski definition) is 2. The average Bonchev–Trinajstić information content (AvgIpc) is 2.99. The van der Waals surface area contributed by atoms with Gasteiger partial charge >= 0.3 is 0 Å². The predicted octanol–water partition coefficient (Wildman–Crippen LogP) is 1.66. The van der Waals surface area contributed by atoms with Crippen LogP contribution in [0.5, 0.6) is 0 Å². The average molecular weight is 298 g/mol. The fourth-order valence-electron chi connectivity index (χ4n) is 1.87. The van der Waals surface area contributed by atoms with Crippen molar-refractivity contribution < 1.29 is 4.92 Å². The van der Waals surface area contributed by atoms with Crippen molar-refractivity contribution in [2.45, 2.75) is 0 Å². The van der Waals surface area contributed by atoms with Gasteiger partial charge in [0.1, 0.15) is 5.69 Å². The summed E-state index contributed by atoms with van der Waals surface area (Å²) in [6.07, 6.45) is 6.56. The number of nitro benzene ring substituents is 1. The molecule has 0 atom stereocenters. The summed E-state index contributed by atoms with van der Waals surface area (Å²) in [5.74, 6) is 4.91. The first kappa shape index (κ1) is 15.0. The summed E-state index contributed by atoms with van der Waals surface area (Å²) in [7, 11) is 0. The summed E-state index contributed by atoms with van der Waals surface area (Å²) in [5.41, 5.74) is 6.59. The molecule has 0 spiro atoms. The zero-order valence-electron chi connectivity index (χ0n) is 11.5. The van der Waals surface area contributed by atoms with Gasteiger partial charge in [-0.2, -0.15) is 0 Å². The van der Waals surface area contributed by atoms with Crippen LogP contribution in [0, 0.1) is 10.1 Å². The number of aromatic nitrogens is 1. The summed E-state index contributed by atoms with van der Waals surface area (Å²) in [6, 6.07) is 10.1. The standard InChI is InChI=1S/C14H14N6O2/c15-14(18-16)17-9-3-5-11-6-4-10-19(11)12-7-1-2-8-13(12)20(21)22/h1-10H,16H2,(H2,15,18)/b5-3+,17-9+. The largest absolute Gasteiger partial charge is 0.367 e. The second kappa shape index (κ2) is 6.84. The molecule has 0 saturated heterocycles. The van der Waals surface area contributed by atoms with Crippen LogP contribution in [-0.2, 0) is 0 Å². The normalized spacial score (nSPS) is 12.3. The van der Waals surface area contributed by atoms with E-state index in [-0.39, 0.29) is 11.6 Å². The number of nitro groups is 1. The molecule has 22 heavy (non-hydrogen) atoms. The molecular formula is C14H14N6O2. The van der Waals surface area contributed by atoms with E-state index in [1.807, 2.05) is 6.07 Å². The SMILES string of the molecule is N/N=C(N)/N=C/C=C/c1cccn1-c1ccccc1[N+](=O)[O-]. The van der Waals surface area contributed by atoms with Crippen LogP contribution in [0.1, 0.15) is 5.69 Å². The van der Waals surface area contributed by atoms with Gasteiger partial charge in [0.15, 0.2) is 0 Å². The highest BCUT2D eigenvalue weighted by Gasteiger charge is 2.14. The van der Waals surface area contributed by atoms with Gasteiger partial charge in [0.05, 0.1) is 4.92 Å². The number of rotatable bonds is 4. The Hall–Kier alpha value is -3.42. The van der Waals surface area contributed by atoms with Crippen LogP contribution in [0.15, 0.2) is 58.8 Å². The maximum absolute atomic E-state index is 11.1. The molecule has 1 heterocycles. The lowest BCUT2D eigenvalue weighted by molar-refractivity contribution is -0.384. The lowest BCUT2D eigenvalue weighted by Gasteiger charge is -2.06. The number of hydrazone groups is 1. The van der Waals surface area contributed by atoms with Crippen molar-refractivity contribution in [3.8, 4) is 5.69 Å². The number of para-hydroxylation sites is 2. The number of nitrogens with zero attached hydrogens (tertiary/aromatic N) is 4. The maximum Gasteiger partial charge on any atom is 0.293 e. The van der Waals surface area contributed by atoms with E-state index in [4.69, 9.17) is 11.6 Å². The number of guanidine groups is 1. The first-order chi connectivity index (χ1) is 10.6. The predicted molar refractivity (Wildman–Crippen MR) is 85.8 cm³/mol. The highest BCUT2D eigenvalue weighted by Crippen LogP contribution is 2.24. The number of nitrogens with two attached hydrogens (primary N) is 2. The molecule has 8 nitrogen and oxygen atoms in total. The van der Waals surface area contributed by atoms with Crippen LogP contribution in [0.25, 0.3) is 11.8 Å². The van der Waals surface area contributed by atoms with Gasteiger partial charge in [-0.3, -0.25) is 10.1 Å². The number of allylic oxidation sites excluding steroid dienone is 1. The van der Waals surface area contributed by atoms with Crippen LogP contribution >= 0.6 is 0 Å². The summed E-state index contributed by atoms with van der Waals surface area (Å²) in [6.45, 7) is 0. The Morgan fingerprint density at radius 1 is 1.27 bits per heavy atom. The van der Waals surface area contributed by atoms with Crippen molar-refractivity contribution in [1.29, 1.82) is 0 Å². The van der Waals surface area contributed by atoms with Crippen LogP contribution in [0.4, 0.5) is 5.69 Å². The molecule has 0 aliphatic rings. The highest BCUT2D eigenvalue weighted by atomic mass is 16.6. The van der Waals surface area contributed by atoms with Crippen LogP contribution in [0.3, 0.4) is 0 Å². The molecule has 112 valence electrons. The lowest BCUT2D eigenvalue weighted by Crippen LogP contribution is -2.10. The zero-order valence-corrected chi connectivity index (χ0v) is 11.5. The van der Waals surface area contributed by atoms with Gasteiger partial charge in [-0.25, -0.2) is 4.99 Å². The van der Waals surface area contributed by atoms with E-state index in [9.17, 15) is 10.1 Å². The molecule has 8 heteroatoms. The van der Waals surface area contributed by atoms with Gasteiger partial charge in [-0.15, -0.1) is 5.10 Å². The second-order valence-corrected chi connectivity index (χ2v) is 4.17. The topological polar surface area (TPSA) is 125 Å². The van der Waals surface area contributed by atoms with E-state index < -0.39 is 4.92 Å². The molecule has 2 rings (SSSR count). The summed E-state index contributed by atoms with van der Waals surface area (Å²) >= 11 is 0. The smallest absolute Gasteiger partial charge is 0.293 e. The Morgan fingerprint density at radius 3 is 2.77 bits per heavy atom. The molecule has 0 bridgehead atoms. The van der Waals surface area contributed by atoms with Crippen molar-refractivity contribution >= 4 is 23.9 Å². The van der Waals surface area contributed by atoms with E-state index in [0.717, 1.165) is 5.69 Å². The molecule has 1 aromatic heterocycles. The van der Waals surface area contributed by atoms with Crippen molar-refractivity contribution in [2.75, 3.05) is 0 Å². The van der Waals surface area contributed by atoms with Crippen LogP contribution in [0.2, 0.25) is 0 Å². The van der Waals surface area contributed by atoms with E-state index in [1.165, 1.54) is 12.3 Å². The third-order valence-electron chi connectivity index (χ3n) is 2.81. The molecule has 2 aromatic rings. The number of aliphatic imine (C=N–C) groups is 1. The van der Waals surface area contributed by atoms with Crippen LogP contribution < -0.4 is 11.6 Å². The lowest BCUT2D eigenvalue weighted by atomic mass is 10.2. The summed E-state index contributed by atoms with van der Waals surface area (Å²) in [4.78, 5) is 14.5. The third kappa shape index (κ3) is 3.37. The third-order valence-corrected chi connectivity index (χ3v) is 2.81. The van der Waals surface area contributed by atoms with Crippen molar-refractivity contribution in [3.63, 3.8) is 0 Å². The Morgan fingerprint density at radius 2 is 2.05 bits per heavy atom. The molecule has 0 radical (unpaired) electrons. The molecular weight excluding hydrogens is 284 g/mol. The molecule has 1 aromatic carbocycles. The Bertz CT molecular complexity index is 760. The monoisotopic (exact) mass is 298 g/mol. The Kier molecular flexibility index (Phi) is 4.66. The van der Waals surface area contributed by atoms with Crippen molar-refractivity contribution in [2.24, 2.45) is 21.7 Å². The minimum absolute atomic E-state index is 0.0292. The molecule has 0 unspecified atom stereocenters. The quantitative estimate of drug-likeness (QED) is 0.293. The number of benzene rings is 1. The second-order valence-electron chi connectivity index (χ2n) is 4.17. The Labute approximate surface area is 126 Å². The number of hydrogen-bond acceptors (Lipinski definition) is 4. The first-order valence-corrected chi connectivity index (χ1v) is 6.28. The van der Waals surface area contributed by atoms with E-state index in [1.54, 1.807) is 47.2 Å². The molecule has 0 saturated carbocycles. The molecule has 4 N–H and O–H groups in total. The minimum Gasteiger partial charge on any atom is -0.367 e. The summed E-state index contributed by atoms with van der Waals surface area (Å²) in [5, 5.41) is 14.3. The van der Waals surface area contributed by atoms with Gasteiger partial charge in [-0.1, -0.05) is 12.1 Å². The van der Waals surface area contributed by atoms with E-state index in [2.05, 4.69) is 10.1 Å². The van der Waals surface area contributed by atoms with Crippen molar-refractivity contribution in [1.82, 2.24) is 4.57 Å². The minimum atomic E-state index is -0.414. The van der Waals surface area contributed by atoms with Gasteiger partial charge in [-0.05, 0) is 30.4 Å². The van der Waals surface area contributed by atoms with E-state index in [0.29, 0.717) is 5.69 Å². The van der Waals surface area contributed by atoms with E-state index >= 15 is 0 Å². The zero-order chi connectivity index (χ0) is 15.9. The fourth-order valence-corrected chi connectivity index (χ4v) is 1.87. The summed E-state index contributed by atoms with van der Waals surface area (Å²) < 4.78 is 1.71. The maximum atomic E-state index is 11.1. The van der Waals surface area contributed by atoms with Gasteiger partial charge in [0.2, 0.25) is 5.96 Å². The van der Waals surface area contributed by atoms with Crippen LogP contribution in [-0.4, -0.2) is 21.7 Å². The van der Waals surface area contributed by atoms with Gasteiger partial charge < -0.3 is 16.1 Å². The Balaban J connectivity index is 2.33. The highest BCUT2D eigenvalue weighted by molar-refractivity contribution is 5.91. The fraction of sp³-hybridized carbons (Fsp3) is 0. The van der Waals surface area contributed by atoms with Crippen molar-refractivity contribution in [3.05, 3.63) is 64.5 Å². The molecule has 0 fully saturated rings. The molecule has 0 aliphatic carbocycles. The molecule has 0 amide bonds. The van der Waals surface area contributed by atoms with Gasteiger partial charge in [0.25, 0.3) is 5.69 Å².